The highest BCUT2D eigenvalue weighted by molar-refractivity contribution is 5.85. The van der Waals surface area contributed by atoms with E-state index in [0.29, 0.717) is 23.8 Å². The molecule has 19 heavy (non-hydrogen) atoms. The predicted octanol–water partition coefficient (Wildman–Crippen LogP) is 1.75. The lowest BCUT2D eigenvalue weighted by Gasteiger charge is -2.33. The Morgan fingerprint density at radius 3 is 2.58 bits per heavy atom. The predicted molar refractivity (Wildman–Crippen MR) is 73.6 cm³/mol. The van der Waals surface area contributed by atoms with Gasteiger partial charge in [0.25, 0.3) is 0 Å². The van der Waals surface area contributed by atoms with Crippen molar-refractivity contribution in [2.75, 3.05) is 13.2 Å². The summed E-state index contributed by atoms with van der Waals surface area (Å²) in [6.07, 6.45) is 6.42. The van der Waals surface area contributed by atoms with Crippen molar-refractivity contribution < 1.29 is 9.53 Å². The molecule has 3 atom stereocenters. The van der Waals surface area contributed by atoms with Gasteiger partial charge in [0.05, 0.1) is 24.9 Å². The molecule has 0 aromatic rings. The number of hydrogen-bond acceptors (Lipinski definition) is 3. The first kappa shape index (κ1) is 13.4. The minimum atomic E-state index is 0.00574. The topological polar surface area (TPSA) is 41.6 Å². The molecule has 3 aliphatic rings. The molecule has 2 heterocycles. The third-order valence-electron chi connectivity index (χ3n) is 4.98. The van der Waals surface area contributed by atoms with E-state index in [1.165, 1.54) is 25.7 Å². The number of amides is 1. The first-order chi connectivity index (χ1) is 9.18. The zero-order chi connectivity index (χ0) is 13.4. The van der Waals surface area contributed by atoms with Crippen molar-refractivity contribution in [1.29, 1.82) is 0 Å². The molecule has 1 N–H and O–H groups in total. The Morgan fingerprint density at radius 1 is 1.26 bits per heavy atom. The van der Waals surface area contributed by atoms with E-state index in [-0.39, 0.29) is 12.2 Å². The summed E-state index contributed by atoms with van der Waals surface area (Å²) < 4.78 is 5.50. The van der Waals surface area contributed by atoms with Crippen LogP contribution in [0.4, 0.5) is 0 Å². The van der Waals surface area contributed by atoms with Gasteiger partial charge in [-0.05, 0) is 31.1 Å². The lowest BCUT2D eigenvalue weighted by atomic mass is 10.0. The van der Waals surface area contributed by atoms with Crippen molar-refractivity contribution in [3.8, 4) is 0 Å². The average Bonchev–Trinajstić information content (AvgIpc) is 3.07. The molecular weight excluding hydrogens is 240 g/mol. The Balaban J connectivity index is 1.80. The summed E-state index contributed by atoms with van der Waals surface area (Å²) in [4.78, 5) is 14.9. The molecule has 3 rings (SSSR count). The Kier molecular flexibility index (Phi) is 3.81. The van der Waals surface area contributed by atoms with E-state index in [1.807, 2.05) is 0 Å². The molecule has 108 valence electrons. The molecular formula is C15H26N2O2. The number of rotatable bonds is 3. The Labute approximate surface area is 115 Å². The number of carbonyl (C=O) groups is 1. The van der Waals surface area contributed by atoms with Gasteiger partial charge in [0.15, 0.2) is 0 Å². The van der Waals surface area contributed by atoms with Gasteiger partial charge in [-0.25, -0.2) is 0 Å². The molecule has 0 aromatic heterocycles. The van der Waals surface area contributed by atoms with Crippen LogP contribution in [0.15, 0.2) is 0 Å². The van der Waals surface area contributed by atoms with Gasteiger partial charge in [-0.2, -0.15) is 0 Å². The van der Waals surface area contributed by atoms with E-state index in [9.17, 15) is 4.79 Å². The molecule has 1 aliphatic carbocycles. The summed E-state index contributed by atoms with van der Waals surface area (Å²) in [6.45, 7) is 5.80. The van der Waals surface area contributed by atoms with Crippen molar-refractivity contribution >= 4 is 5.91 Å². The van der Waals surface area contributed by atoms with Gasteiger partial charge in [-0.1, -0.05) is 26.7 Å². The molecule has 0 bridgehead atoms. The summed E-state index contributed by atoms with van der Waals surface area (Å²) >= 11 is 0. The largest absolute Gasteiger partial charge is 0.379 e. The lowest BCUT2D eigenvalue weighted by Crippen LogP contribution is -2.48. The van der Waals surface area contributed by atoms with Crippen molar-refractivity contribution in [3.05, 3.63) is 0 Å². The molecule has 0 radical (unpaired) electrons. The zero-order valence-corrected chi connectivity index (χ0v) is 12.1. The van der Waals surface area contributed by atoms with Gasteiger partial charge in [0.2, 0.25) is 5.91 Å². The normalized spacial score (nSPS) is 36.9. The molecule has 1 amide bonds. The van der Waals surface area contributed by atoms with E-state index < -0.39 is 0 Å². The second-order valence-electron chi connectivity index (χ2n) is 6.64. The van der Waals surface area contributed by atoms with Gasteiger partial charge < -0.3 is 9.64 Å². The van der Waals surface area contributed by atoms with Gasteiger partial charge >= 0.3 is 0 Å². The molecule has 4 nitrogen and oxygen atoms in total. The highest BCUT2D eigenvalue weighted by atomic mass is 16.5. The van der Waals surface area contributed by atoms with Crippen LogP contribution in [-0.4, -0.2) is 42.3 Å². The summed E-state index contributed by atoms with van der Waals surface area (Å²) in [7, 11) is 0. The average molecular weight is 266 g/mol. The van der Waals surface area contributed by atoms with Crippen LogP contribution in [0.3, 0.4) is 0 Å². The number of nitrogens with zero attached hydrogens (tertiary/aromatic N) is 1. The van der Waals surface area contributed by atoms with E-state index in [4.69, 9.17) is 4.74 Å². The Hall–Kier alpha value is -0.610. The second-order valence-corrected chi connectivity index (χ2v) is 6.64. The number of ether oxygens (including phenoxy) is 1. The fourth-order valence-electron chi connectivity index (χ4n) is 3.90. The fourth-order valence-corrected chi connectivity index (χ4v) is 3.90. The second kappa shape index (κ2) is 5.41. The maximum Gasteiger partial charge on any atom is 0.241 e. The van der Waals surface area contributed by atoms with Gasteiger partial charge in [0, 0.05) is 6.61 Å². The van der Waals surface area contributed by atoms with Crippen molar-refractivity contribution in [3.63, 3.8) is 0 Å². The van der Waals surface area contributed by atoms with E-state index in [2.05, 4.69) is 24.1 Å². The third-order valence-corrected chi connectivity index (χ3v) is 4.98. The van der Waals surface area contributed by atoms with Crippen LogP contribution in [-0.2, 0) is 9.53 Å². The molecule has 3 unspecified atom stereocenters. The first-order valence-electron chi connectivity index (χ1n) is 7.84. The highest BCUT2D eigenvalue weighted by Crippen LogP contribution is 2.35. The number of carbonyl (C=O) groups excluding carboxylic acids is 1. The maximum absolute atomic E-state index is 12.7. The fraction of sp³-hybridized carbons (Fsp3) is 0.933. The smallest absolute Gasteiger partial charge is 0.241 e. The van der Waals surface area contributed by atoms with E-state index in [0.717, 1.165) is 19.6 Å². The highest BCUT2D eigenvalue weighted by Gasteiger charge is 2.47. The van der Waals surface area contributed by atoms with Crippen molar-refractivity contribution in [2.24, 2.45) is 11.8 Å². The van der Waals surface area contributed by atoms with Gasteiger partial charge in [-0.15, -0.1) is 0 Å². The number of hydrogen-bond donors (Lipinski definition) is 1. The van der Waals surface area contributed by atoms with Crippen LogP contribution in [0, 0.1) is 11.8 Å². The van der Waals surface area contributed by atoms with E-state index >= 15 is 0 Å². The van der Waals surface area contributed by atoms with Crippen molar-refractivity contribution in [2.45, 2.75) is 64.2 Å². The third kappa shape index (κ3) is 2.40. The van der Waals surface area contributed by atoms with Crippen LogP contribution < -0.4 is 5.32 Å². The van der Waals surface area contributed by atoms with Crippen LogP contribution in [0.5, 0.6) is 0 Å². The standard InChI is InChI=1S/C15H26N2O2/c1-10(2)13-15(18)17(12-7-8-19-9-12)14(16-13)11-5-3-4-6-11/h10-14,16H,3-9H2,1-2H3. The Morgan fingerprint density at radius 2 is 2.00 bits per heavy atom. The van der Waals surface area contributed by atoms with E-state index in [1.54, 1.807) is 0 Å². The summed E-state index contributed by atoms with van der Waals surface area (Å²) in [5.41, 5.74) is 0. The molecule has 3 fully saturated rings. The summed E-state index contributed by atoms with van der Waals surface area (Å²) in [6, 6.07) is 0.306. The first-order valence-corrected chi connectivity index (χ1v) is 7.84. The zero-order valence-electron chi connectivity index (χ0n) is 12.1. The quantitative estimate of drug-likeness (QED) is 0.846. The minimum Gasteiger partial charge on any atom is -0.379 e. The SMILES string of the molecule is CC(C)C1NC(C2CCCC2)N(C2CCOC2)C1=O. The molecule has 2 aliphatic heterocycles. The van der Waals surface area contributed by atoms with Crippen LogP contribution in [0.1, 0.15) is 46.0 Å². The van der Waals surface area contributed by atoms with Gasteiger partial charge in [0.1, 0.15) is 0 Å². The minimum absolute atomic E-state index is 0.00574. The van der Waals surface area contributed by atoms with Gasteiger partial charge in [-0.3, -0.25) is 10.1 Å². The molecule has 1 saturated carbocycles. The molecule has 0 spiro atoms. The van der Waals surface area contributed by atoms with Crippen LogP contribution in [0.25, 0.3) is 0 Å². The van der Waals surface area contributed by atoms with Crippen molar-refractivity contribution in [1.82, 2.24) is 10.2 Å². The lowest BCUT2D eigenvalue weighted by molar-refractivity contribution is -0.133. The van der Waals surface area contributed by atoms with Crippen LogP contribution >= 0.6 is 0 Å². The van der Waals surface area contributed by atoms with Crippen LogP contribution in [0.2, 0.25) is 0 Å². The Bertz CT molecular complexity index is 333. The summed E-state index contributed by atoms with van der Waals surface area (Å²) in [5, 5.41) is 3.63. The molecule has 4 heteroatoms. The molecule has 0 aromatic carbocycles. The number of nitrogens with one attached hydrogen (secondary N) is 1. The molecule has 2 saturated heterocycles. The summed E-state index contributed by atoms with van der Waals surface area (Å²) in [5.74, 6) is 1.32. The maximum atomic E-state index is 12.7. The monoisotopic (exact) mass is 266 g/mol.